The smallest absolute Gasteiger partial charge is 0.226 e. The third-order valence-electron chi connectivity index (χ3n) is 1.80. The summed E-state index contributed by atoms with van der Waals surface area (Å²) in [7, 11) is 0. The predicted molar refractivity (Wildman–Crippen MR) is 54.7 cm³/mol. The van der Waals surface area contributed by atoms with E-state index in [1.165, 1.54) is 0 Å². The molecule has 67 valence electrons. The molecule has 0 saturated carbocycles. The van der Waals surface area contributed by atoms with Crippen molar-refractivity contribution in [1.82, 2.24) is 0 Å². The third kappa shape index (κ3) is 2.40. The predicted octanol–water partition coefficient (Wildman–Crippen LogP) is 1.37. The second-order valence-corrected chi connectivity index (χ2v) is 2.65. The quantitative estimate of drug-likeness (QED) is 0.531. The fraction of sp³-hybridized carbons (Fsp3) is 0. The van der Waals surface area contributed by atoms with Crippen molar-refractivity contribution in [2.24, 2.45) is 0 Å². The summed E-state index contributed by atoms with van der Waals surface area (Å²) in [6.45, 7) is 0. The zero-order valence-electron chi connectivity index (χ0n) is 8.11. The van der Waals surface area contributed by atoms with Gasteiger partial charge in [-0.15, -0.1) is 0 Å². The maximum atomic E-state index is 8.62. The van der Waals surface area contributed by atoms with Crippen LogP contribution in [0.3, 0.4) is 0 Å². The van der Waals surface area contributed by atoms with Gasteiger partial charge in [0.25, 0.3) is 0 Å². The molecule has 1 radical (unpaired) electrons. The fourth-order valence-corrected chi connectivity index (χ4v) is 1.16. The van der Waals surface area contributed by atoms with Gasteiger partial charge >= 0.3 is 0 Å². The van der Waals surface area contributed by atoms with Gasteiger partial charge in [0.05, 0.1) is 5.69 Å². The summed E-state index contributed by atoms with van der Waals surface area (Å²) in [6, 6.07) is 10.8. The minimum Gasteiger partial charge on any atom is -0.437 e. The molecule has 1 aromatic rings. The number of allylic oxidation sites excluding steroid dienone is 1. The van der Waals surface area contributed by atoms with Crippen LogP contribution in [0.5, 0.6) is 5.75 Å². The maximum Gasteiger partial charge on any atom is 0.226 e. The summed E-state index contributed by atoms with van der Waals surface area (Å²) in [5, 5.41) is 20.1. The molecule has 0 bridgehead atoms. The first-order valence-electron chi connectivity index (χ1n) is 3.93. The van der Waals surface area contributed by atoms with Gasteiger partial charge in [0, 0.05) is 51.4 Å². The van der Waals surface area contributed by atoms with Crippen molar-refractivity contribution >= 4 is 57.1 Å². The molecule has 1 aliphatic rings. The third-order valence-corrected chi connectivity index (χ3v) is 1.80. The fourth-order valence-electron chi connectivity index (χ4n) is 1.16. The molecule has 4 nitrogen and oxygen atoms in total. The molecule has 1 N–H and O–H groups in total. The molecule has 0 unspecified atom stereocenters. The van der Waals surface area contributed by atoms with Crippen LogP contribution in [-0.4, -0.2) is 51.4 Å². The standard InChI is InChI=1S/C10H5N3O.K/c11-5-7(6-12)10-13-8-3-1-2-4-9(8)14-10;/h1-4,13H;. The van der Waals surface area contributed by atoms with Gasteiger partial charge in [-0.25, -0.2) is 0 Å². The molecule has 0 saturated heterocycles. The van der Waals surface area contributed by atoms with Crippen LogP contribution in [0.15, 0.2) is 35.7 Å². The number of ether oxygens (including phenoxy) is 1. The van der Waals surface area contributed by atoms with Gasteiger partial charge < -0.3 is 10.1 Å². The molecule has 2 rings (SSSR count). The summed E-state index contributed by atoms with van der Waals surface area (Å²) in [5.74, 6) is 0.835. The van der Waals surface area contributed by atoms with E-state index >= 15 is 0 Å². The largest absolute Gasteiger partial charge is 0.437 e. The molecule has 0 aliphatic carbocycles. The van der Waals surface area contributed by atoms with E-state index in [0.717, 1.165) is 5.69 Å². The van der Waals surface area contributed by atoms with Crippen molar-refractivity contribution in [3.8, 4) is 17.9 Å². The second-order valence-electron chi connectivity index (χ2n) is 2.65. The number of nitrogens with one attached hydrogen (secondary N) is 1. The minimum absolute atomic E-state index is 0. The molecule has 0 aromatic heterocycles. The Bertz CT molecular complexity index is 453. The first-order chi connectivity index (χ1) is 6.85. The summed E-state index contributed by atoms with van der Waals surface area (Å²) in [4.78, 5) is 0. The van der Waals surface area contributed by atoms with Crippen LogP contribution in [0.25, 0.3) is 0 Å². The van der Waals surface area contributed by atoms with E-state index in [1.54, 1.807) is 18.2 Å². The van der Waals surface area contributed by atoms with E-state index in [2.05, 4.69) is 5.32 Å². The topological polar surface area (TPSA) is 68.8 Å². The van der Waals surface area contributed by atoms with Crippen LogP contribution in [0, 0.1) is 22.7 Å². The van der Waals surface area contributed by atoms with Crippen molar-refractivity contribution < 1.29 is 4.74 Å². The van der Waals surface area contributed by atoms with Crippen LogP contribution in [0.4, 0.5) is 5.69 Å². The van der Waals surface area contributed by atoms with Gasteiger partial charge in [0.1, 0.15) is 12.1 Å². The molecular weight excluding hydrogens is 217 g/mol. The van der Waals surface area contributed by atoms with Gasteiger partial charge in [-0.05, 0) is 12.1 Å². The van der Waals surface area contributed by atoms with E-state index in [4.69, 9.17) is 15.3 Å². The van der Waals surface area contributed by atoms with Gasteiger partial charge in [-0.2, -0.15) is 10.5 Å². The van der Waals surface area contributed by atoms with Crippen molar-refractivity contribution in [2.45, 2.75) is 0 Å². The Hall–Kier alpha value is -0.824. The summed E-state index contributed by atoms with van der Waals surface area (Å²) < 4.78 is 5.27. The monoisotopic (exact) mass is 222 g/mol. The summed E-state index contributed by atoms with van der Waals surface area (Å²) >= 11 is 0. The number of rotatable bonds is 0. The zero-order valence-corrected chi connectivity index (χ0v) is 11.2. The molecule has 1 heterocycles. The Labute approximate surface area is 130 Å². The molecule has 1 aromatic carbocycles. The molecule has 1 aliphatic heterocycles. The first-order valence-corrected chi connectivity index (χ1v) is 3.93. The summed E-state index contributed by atoms with van der Waals surface area (Å²) in [6.07, 6.45) is 0. The zero-order chi connectivity index (χ0) is 9.97. The van der Waals surface area contributed by atoms with Gasteiger partial charge in [0.2, 0.25) is 5.88 Å². The normalized spacial score (nSPS) is 10.9. The Morgan fingerprint density at radius 3 is 2.47 bits per heavy atom. The molecule has 0 amide bonds. The van der Waals surface area contributed by atoms with Crippen LogP contribution in [-0.2, 0) is 0 Å². The number of anilines is 1. The number of nitrogens with zero attached hydrogens (tertiary/aromatic N) is 2. The van der Waals surface area contributed by atoms with E-state index in [9.17, 15) is 0 Å². The number of benzene rings is 1. The van der Waals surface area contributed by atoms with Crippen molar-refractivity contribution in [1.29, 1.82) is 10.5 Å². The van der Waals surface area contributed by atoms with Gasteiger partial charge in [-0.1, -0.05) is 12.1 Å². The second kappa shape index (κ2) is 5.31. The van der Waals surface area contributed by atoms with E-state index in [-0.39, 0.29) is 62.8 Å². The summed E-state index contributed by atoms with van der Waals surface area (Å²) in [5.41, 5.74) is 0.715. The van der Waals surface area contributed by atoms with Gasteiger partial charge in [0.15, 0.2) is 11.3 Å². The van der Waals surface area contributed by atoms with Crippen LogP contribution in [0.1, 0.15) is 0 Å². The van der Waals surface area contributed by atoms with Crippen molar-refractivity contribution in [3.63, 3.8) is 0 Å². The average Bonchev–Trinajstić information content (AvgIpc) is 2.63. The van der Waals surface area contributed by atoms with E-state index in [0.29, 0.717) is 5.75 Å². The minimum atomic E-state index is -0.0544. The molecule has 0 fully saturated rings. The Morgan fingerprint density at radius 2 is 1.87 bits per heavy atom. The number of hydrogen-bond acceptors (Lipinski definition) is 4. The number of para-hydroxylation sites is 2. The molecular formula is C10H5KN3O. The Morgan fingerprint density at radius 1 is 1.20 bits per heavy atom. The van der Waals surface area contributed by atoms with E-state index < -0.39 is 0 Å². The number of nitriles is 2. The number of hydrogen-bond donors (Lipinski definition) is 1. The van der Waals surface area contributed by atoms with Crippen molar-refractivity contribution in [2.75, 3.05) is 5.32 Å². The molecule has 15 heavy (non-hydrogen) atoms. The molecule has 5 heteroatoms. The first kappa shape index (κ1) is 12.2. The van der Waals surface area contributed by atoms with Crippen molar-refractivity contribution in [3.05, 3.63) is 35.7 Å². The van der Waals surface area contributed by atoms with Crippen LogP contribution in [0.2, 0.25) is 0 Å². The van der Waals surface area contributed by atoms with E-state index in [1.807, 2.05) is 18.2 Å². The SMILES string of the molecule is N#CC(C#N)=C1Nc2ccccc2O1.[K]. The van der Waals surface area contributed by atoms with Crippen LogP contribution < -0.4 is 10.1 Å². The van der Waals surface area contributed by atoms with Gasteiger partial charge in [-0.3, -0.25) is 0 Å². The van der Waals surface area contributed by atoms with Crippen LogP contribution >= 0.6 is 0 Å². The average molecular weight is 222 g/mol. The number of fused-ring (bicyclic) bond motifs is 1. The molecule has 0 atom stereocenters. The Balaban J connectivity index is 0.00000112. The molecule has 0 spiro atoms. The maximum absolute atomic E-state index is 8.62. The Kier molecular flexibility index (Phi) is 4.34.